The Hall–Kier alpha value is 0.534. The normalized spacial score (nSPS) is 14.6. The van der Waals surface area contributed by atoms with Gasteiger partial charge in [-0.3, -0.25) is 6.34 Å². The molecule has 0 fully saturated rings. The molecule has 0 spiro atoms. The molecule has 1 rings (SSSR count). The summed E-state index contributed by atoms with van der Waals surface area (Å²) in [5.74, 6) is 0. The summed E-state index contributed by atoms with van der Waals surface area (Å²) in [4.78, 5) is 5.91. The number of hydrogen-bond acceptors (Lipinski definition) is 2. The van der Waals surface area contributed by atoms with Gasteiger partial charge in [0.2, 0.25) is 0 Å². The summed E-state index contributed by atoms with van der Waals surface area (Å²) in [7, 11) is 5.49. The summed E-state index contributed by atoms with van der Waals surface area (Å²) in [6.07, 6.45) is 4.02. The molecule has 0 aliphatic carbocycles. The van der Waals surface area contributed by atoms with E-state index in [1.807, 2.05) is 11.9 Å². The van der Waals surface area contributed by atoms with Gasteiger partial charge in [-0.05, 0) is 20.0 Å². The Kier molecular flexibility index (Phi) is 13.5. The number of nitrogens with zero attached hydrogens (tertiary/aromatic N) is 3. The summed E-state index contributed by atoms with van der Waals surface area (Å²) < 4.78 is 0. The molecule has 0 aromatic heterocycles. The second kappa shape index (κ2) is 10.5. The maximum absolute atomic E-state index is 3.93. The van der Waals surface area contributed by atoms with E-state index in [2.05, 4.69) is 16.6 Å². The van der Waals surface area contributed by atoms with Crippen molar-refractivity contribution in [2.24, 2.45) is 4.99 Å². The molecule has 4 heteroatoms. The maximum Gasteiger partial charge on any atom is 0.00278 e. The summed E-state index contributed by atoms with van der Waals surface area (Å²) in [5, 5.41) is 3.50. The monoisotopic (exact) mass is 230 g/mol. The van der Waals surface area contributed by atoms with Crippen LogP contribution in [0.1, 0.15) is 6.42 Å². The number of rotatable bonds is 0. The van der Waals surface area contributed by atoms with E-state index in [-0.39, 0.29) is 32.7 Å². The van der Waals surface area contributed by atoms with Crippen LogP contribution in [0, 0.1) is 0 Å². The number of aliphatic imine (C=N–C) groups is 1. The Morgan fingerprint density at radius 1 is 1.45 bits per heavy atom. The zero-order valence-corrected chi connectivity index (χ0v) is 10.4. The second-order valence-corrected chi connectivity index (χ2v) is 2.20. The molecule has 0 aromatic rings. The molecule has 3 nitrogen and oxygen atoms in total. The molecule has 1 aliphatic heterocycles. The fraction of sp³-hybridized carbons (Fsp3) is 0.857. The van der Waals surface area contributed by atoms with Crippen molar-refractivity contribution in [2.45, 2.75) is 6.42 Å². The van der Waals surface area contributed by atoms with Crippen molar-refractivity contribution >= 4 is 6.34 Å². The Balaban J connectivity index is 0. The van der Waals surface area contributed by atoms with E-state index < -0.39 is 0 Å². The first-order chi connectivity index (χ1) is 4.81. The first-order valence-electron chi connectivity index (χ1n) is 3.42. The predicted molar refractivity (Wildman–Crippen MR) is 44.8 cm³/mol. The van der Waals surface area contributed by atoms with E-state index in [0.717, 1.165) is 13.1 Å². The van der Waals surface area contributed by atoms with Gasteiger partial charge >= 0.3 is 0 Å². The van der Waals surface area contributed by atoms with Crippen LogP contribution < -0.4 is 0 Å². The molecular formula is C7H15N3Y-2. The van der Waals surface area contributed by atoms with E-state index in [4.69, 9.17) is 0 Å². The summed E-state index contributed by atoms with van der Waals surface area (Å²) in [6.45, 7) is 2.08. The molecule has 1 radical (unpaired) electrons. The molecule has 0 unspecified atom stereocenters. The van der Waals surface area contributed by atoms with Gasteiger partial charge in [0, 0.05) is 39.3 Å². The van der Waals surface area contributed by atoms with Crippen LogP contribution in [0.2, 0.25) is 0 Å². The van der Waals surface area contributed by atoms with Crippen LogP contribution in [0.15, 0.2) is 4.99 Å². The molecule has 0 N–H and O–H groups in total. The van der Waals surface area contributed by atoms with Crippen LogP contribution in [-0.2, 0) is 32.7 Å². The quantitative estimate of drug-likeness (QED) is 0.567. The van der Waals surface area contributed by atoms with Gasteiger partial charge in [-0.1, -0.05) is 0 Å². The predicted octanol–water partition coefficient (Wildman–Crippen LogP) is 0.844. The van der Waals surface area contributed by atoms with Gasteiger partial charge in [-0.2, -0.15) is 14.1 Å². The Bertz CT molecular complexity index is 95.7. The standard InChI is InChI=1S/C5H9N2.C2H6N.Y/c1-7-4-2-3-6-5-7;1-3-2;/h2-4H2,1H3;1-2H3;/q2*-1;. The Morgan fingerprint density at radius 2 is 2.00 bits per heavy atom. The Labute approximate surface area is 94.5 Å². The summed E-state index contributed by atoms with van der Waals surface area (Å²) >= 11 is 0. The molecule has 0 saturated heterocycles. The molecule has 0 amide bonds. The van der Waals surface area contributed by atoms with E-state index in [1.165, 1.54) is 6.42 Å². The molecule has 0 aromatic carbocycles. The van der Waals surface area contributed by atoms with Gasteiger partial charge in [0.1, 0.15) is 0 Å². The van der Waals surface area contributed by atoms with E-state index in [1.54, 1.807) is 14.1 Å². The molecule has 1 aliphatic rings. The van der Waals surface area contributed by atoms with Gasteiger partial charge in [-0.25, -0.2) is 0 Å². The van der Waals surface area contributed by atoms with Crippen LogP contribution in [0.5, 0.6) is 0 Å². The smallest absolute Gasteiger partial charge is 0.00278 e. The van der Waals surface area contributed by atoms with Crippen molar-refractivity contribution in [3.8, 4) is 0 Å². The SMILES string of the molecule is CN1[C-]=NCCC1.C[N-]C.[Y]. The molecule has 63 valence electrons. The molecule has 11 heavy (non-hydrogen) atoms. The van der Waals surface area contributed by atoms with Crippen LogP contribution in [0.3, 0.4) is 0 Å². The van der Waals surface area contributed by atoms with Gasteiger partial charge in [0.15, 0.2) is 0 Å². The number of hydrogen-bond donors (Lipinski definition) is 0. The van der Waals surface area contributed by atoms with E-state index in [9.17, 15) is 0 Å². The van der Waals surface area contributed by atoms with Gasteiger partial charge in [-0.15, -0.1) is 0 Å². The molecule has 1 heterocycles. The van der Waals surface area contributed by atoms with Crippen LogP contribution in [-0.4, -0.2) is 45.5 Å². The molecular weight excluding hydrogens is 215 g/mol. The molecule has 0 bridgehead atoms. The van der Waals surface area contributed by atoms with Gasteiger partial charge in [0.05, 0.1) is 0 Å². The van der Waals surface area contributed by atoms with E-state index in [0.29, 0.717) is 0 Å². The minimum absolute atomic E-state index is 0. The minimum atomic E-state index is 0. The summed E-state index contributed by atoms with van der Waals surface area (Å²) in [5.41, 5.74) is 0. The third-order valence-electron chi connectivity index (χ3n) is 1.00. The van der Waals surface area contributed by atoms with Crippen molar-refractivity contribution in [2.75, 3.05) is 34.2 Å². The topological polar surface area (TPSA) is 29.7 Å². The molecule has 0 saturated carbocycles. The van der Waals surface area contributed by atoms with Crippen molar-refractivity contribution in [1.82, 2.24) is 4.90 Å². The van der Waals surface area contributed by atoms with Crippen molar-refractivity contribution in [1.29, 1.82) is 0 Å². The third kappa shape index (κ3) is 10.5. The minimum Gasteiger partial charge on any atom is -0.668 e. The fourth-order valence-electron chi connectivity index (χ4n) is 0.608. The maximum atomic E-state index is 3.93. The van der Waals surface area contributed by atoms with Crippen LogP contribution in [0.4, 0.5) is 0 Å². The summed E-state index contributed by atoms with van der Waals surface area (Å²) in [6, 6.07) is 0. The largest absolute Gasteiger partial charge is 0.668 e. The molecule has 0 atom stereocenters. The third-order valence-corrected chi connectivity index (χ3v) is 1.00. The van der Waals surface area contributed by atoms with Crippen molar-refractivity contribution < 1.29 is 32.7 Å². The average molecular weight is 230 g/mol. The van der Waals surface area contributed by atoms with Crippen molar-refractivity contribution in [3.63, 3.8) is 0 Å². The van der Waals surface area contributed by atoms with E-state index >= 15 is 0 Å². The van der Waals surface area contributed by atoms with Crippen LogP contribution >= 0.6 is 0 Å². The fourth-order valence-corrected chi connectivity index (χ4v) is 0.608. The zero-order valence-electron chi connectivity index (χ0n) is 7.54. The Morgan fingerprint density at radius 3 is 2.18 bits per heavy atom. The second-order valence-electron chi connectivity index (χ2n) is 2.20. The van der Waals surface area contributed by atoms with Gasteiger partial charge < -0.3 is 15.2 Å². The van der Waals surface area contributed by atoms with Crippen molar-refractivity contribution in [3.05, 3.63) is 5.32 Å². The van der Waals surface area contributed by atoms with Crippen LogP contribution in [0.25, 0.3) is 5.32 Å². The first-order valence-corrected chi connectivity index (χ1v) is 3.42. The zero-order chi connectivity index (χ0) is 7.82. The van der Waals surface area contributed by atoms with Gasteiger partial charge in [0.25, 0.3) is 0 Å². The first kappa shape index (κ1) is 14.1. The average Bonchev–Trinajstić information content (AvgIpc) is 1.91.